The molecule has 1 aliphatic carbocycles. The summed E-state index contributed by atoms with van der Waals surface area (Å²) in [4.78, 5) is 0.165. The van der Waals surface area contributed by atoms with Gasteiger partial charge in [-0.3, -0.25) is 0 Å². The van der Waals surface area contributed by atoms with Gasteiger partial charge in [-0.2, -0.15) is 17.2 Å². The van der Waals surface area contributed by atoms with Crippen LogP contribution in [0.4, 0.5) is 8.78 Å². The molecule has 0 N–H and O–H groups in total. The molecule has 29 heavy (non-hydrogen) atoms. The Balaban J connectivity index is 1.49. The number of halogens is 2. The maximum absolute atomic E-state index is 12.7. The first-order valence-electron chi connectivity index (χ1n) is 8.97. The highest BCUT2D eigenvalue weighted by Gasteiger charge is 2.25. The molecule has 154 valence electrons. The summed E-state index contributed by atoms with van der Waals surface area (Å²) in [6.45, 7) is -2.89. The monoisotopic (exact) mass is 456 g/mol. The van der Waals surface area contributed by atoms with Crippen LogP contribution in [0.1, 0.15) is 27.7 Å². The van der Waals surface area contributed by atoms with E-state index in [9.17, 15) is 17.2 Å². The van der Waals surface area contributed by atoms with Gasteiger partial charge in [-0.15, -0.1) is 23.5 Å². The smallest absolute Gasteiger partial charge is 0.387 e. The third-order valence-corrected chi connectivity index (χ3v) is 9.08. The summed E-state index contributed by atoms with van der Waals surface area (Å²) >= 11 is 3.76. The van der Waals surface area contributed by atoms with Gasteiger partial charge in [0.15, 0.2) is 0 Å². The van der Waals surface area contributed by atoms with E-state index in [4.69, 9.17) is 4.18 Å². The van der Waals surface area contributed by atoms with Crippen LogP contribution in [0.3, 0.4) is 0 Å². The third kappa shape index (κ3) is 4.90. The average Bonchev–Trinajstić information content (AvgIpc) is 3.22. The van der Waals surface area contributed by atoms with Crippen molar-refractivity contribution in [3.8, 4) is 11.5 Å². The minimum Gasteiger partial charge on any atom is -0.435 e. The van der Waals surface area contributed by atoms with Crippen LogP contribution >= 0.6 is 23.5 Å². The van der Waals surface area contributed by atoms with Crippen molar-refractivity contribution in [3.63, 3.8) is 0 Å². The fourth-order valence-corrected chi connectivity index (χ4v) is 7.18. The topological polar surface area (TPSA) is 52.6 Å². The molecule has 1 aliphatic heterocycles. The Hall–Kier alpha value is -1.71. The van der Waals surface area contributed by atoms with E-state index in [1.165, 1.54) is 18.2 Å². The molecule has 0 amide bonds. The number of fused-ring (bicyclic) bond motifs is 1. The molecule has 1 fully saturated rings. The van der Waals surface area contributed by atoms with Gasteiger partial charge < -0.3 is 8.92 Å². The first-order chi connectivity index (χ1) is 13.9. The molecular weight excluding hydrogens is 438 g/mol. The van der Waals surface area contributed by atoms with E-state index in [2.05, 4.69) is 4.74 Å². The lowest BCUT2D eigenvalue weighted by atomic mass is 9.97. The summed E-state index contributed by atoms with van der Waals surface area (Å²) in [6, 6.07) is 11.6. The van der Waals surface area contributed by atoms with Crippen molar-refractivity contribution in [2.75, 3.05) is 11.5 Å². The summed E-state index contributed by atoms with van der Waals surface area (Å²) in [5.41, 5.74) is 2.57. The lowest BCUT2D eigenvalue weighted by molar-refractivity contribution is -0.0498. The number of benzene rings is 2. The fourth-order valence-electron chi connectivity index (χ4n) is 3.23. The molecule has 0 saturated carbocycles. The molecule has 4 nitrogen and oxygen atoms in total. The second-order valence-corrected chi connectivity index (χ2v) is 10.9. The predicted molar refractivity (Wildman–Crippen MR) is 113 cm³/mol. The van der Waals surface area contributed by atoms with Crippen LogP contribution in [0.15, 0.2) is 47.4 Å². The standard InChI is InChI=1S/C20H18F2O4S3/c21-20(22)25-17-7-3-15-12-18(8-4-14(15)11-17)29(23,24)26-16-5-1-13(2-6-16)19-27-9-10-28-19/h1-3,5-7,11-12,19-20H,4,8-10H2. The van der Waals surface area contributed by atoms with Crippen LogP contribution in [-0.4, -0.2) is 26.5 Å². The summed E-state index contributed by atoms with van der Waals surface area (Å²) in [6.07, 6.45) is 2.17. The van der Waals surface area contributed by atoms with E-state index in [1.807, 2.05) is 35.7 Å². The Morgan fingerprint density at radius 3 is 2.34 bits per heavy atom. The van der Waals surface area contributed by atoms with Crippen molar-refractivity contribution in [1.29, 1.82) is 0 Å². The van der Waals surface area contributed by atoms with Crippen molar-refractivity contribution in [1.82, 2.24) is 0 Å². The Morgan fingerprint density at radius 2 is 1.66 bits per heavy atom. The zero-order valence-corrected chi connectivity index (χ0v) is 17.7. The second-order valence-electron chi connectivity index (χ2n) is 6.53. The Labute approximate surface area is 176 Å². The van der Waals surface area contributed by atoms with Crippen LogP contribution in [0.5, 0.6) is 11.5 Å². The number of hydrogen-bond acceptors (Lipinski definition) is 6. The first-order valence-corrected chi connectivity index (χ1v) is 12.5. The van der Waals surface area contributed by atoms with Gasteiger partial charge in [-0.1, -0.05) is 18.2 Å². The van der Waals surface area contributed by atoms with Gasteiger partial charge in [0.25, 0.3) is 0 Å². The van der Waals surface area contributed by atoms with Gasteiger partial charge in [-0.25, -0.2) is 0 Å². The lowest BCUT2D eigenvalue weighted by Gasteiger charge is -2.18. The van der Waals surface area contributed by atoms with Gasteiger partial charge in [0.2, 0.25) is 0 Å². The molecule has 0 radical (unpaired) electrons. The van der Waals surface area contributed by atoms with E-state index in [1.54, 1.807) is 18.2 Å². The normalized spacial score (nSPS) is 17.1. The zero-order valence-electron chi connectivity index (χ0n) is 15.2. The van der Waals surface area contributed by atoms with Crippen molar-refractivity contribution in [2.45, 2.75) is 24.0 Å². The zero-order chi connectivity index (χ0) is 20.4. The number of ether oxygens (including phenoxy) is 1. The maximum Gasteiger partial charge on any atom is 0.387 e. The van der Waals surface area contributed by atoms with Gasteiger partial charge in [0.1, 0.15) is 11.5 Å². The van der Waals surface area contributed by atoms with Crippen molar-refractivity contribution in [2.24, 2.45) is 0 Å². The molecular formula is C20H18F2O4S3. The number of allylic oxidation sites excluding steroid dienone is 1. The minimum atomic E-state index is -3.94. The molecule has 1 saturated heterocycles. The summed E-state index contributed by atoms with van der Waals surface area (Å²) in [5, 5.41) is 0. The molecule has 0 unspecified atom stereocenters. The quantitative estimate of drug-likeness (QED) is 0.538. The molecule has 0 spiro atoms. The first kappa shape index (κ1) is 20.6. The van der Waals surface area contributed by atoms with Gasteiger partial charge in [0.05, 0.1) is 9.49 Å². The van der Waals surface area contributed by atoms with Crippen molar-refractivity contribution in [3.05, 3.63) is 64.1 Å². The molecule has 0 bridgehead atoms. The van der Waals surface area contributed by atoms with E-state index in [0.29, 0.717) is 16.6 Å². The molecule has 4 rings (SSSR count). The molecule has 2 aliphatic rings. The fraction of sp³-hybridized carbons (Fsp3) is 0.300. The molecule has 2 aromatic carbocycles. The minimum absolute atomic E-state index is 0.0633. The van der Waals surface area contributed by atoms with Gasteiger partial charge in [0, 0.05) is 11.5 Å². The largest absolute Gasteiger partial charge is 0.435 e. The van der Waals surface area contributed by atoms with Crippen molar-refractivity contribution >= 4 is 39.7 Å². The third-order valence-electron chi connectivity index (χ3n) is 4.60. The molecule has 0 atom stereocenters. The van der Waals surface area contributed by atoms with Crippen molar-refractivity contribution < 1.29 is 26.1 Å². The Bertz CT molecular complexity index is 1010. The van der Waals surface area contributed by atoms with Gasteiger partial charge >= 0.3 is 16.7 Å². The number of thioether (sulfide) groups is 2. The van der Waals surface area contributed by atoms with E-state index in [0.717, 1.165) is 22.6 Å². The van der Waals surface area contributed by atoms with Crippen LogP contribution in [0, 0.1) is 0 Å². The van der Waals surface area contributed by atoms with Crippen LogP contribution in [0.25, 0.3) is 6.08 Å². The highest BCUT2D eigenvalue weighted by molar-refractivity contribution is 8.19. The molecule has 9 heteroatoms. The summed E-state index contributed by atoms with van der Waals surface area (Å²) in [5.74, 6) is 2.57. The number of alkyl halides is 2. The van der Waals surface area contributed by atoms with E-state index < -0.39 is 16.7 Å². The Morgan fingerprint density at radius 1 is 0.966 bits per heavy atom. The highest BCUT2D eigenvalue weighted by atomic mass is 32.2. The molecule has 0 aromatic heterocycles. The Kier molecular flexibility index (Phi) is 6.08. The summed E-state index contributed by atoms with van der Waals surface area (Å²) in [7, 11) is -3.94. The number of hydrogen-bond donors (Lipinski definition) is 0. The maximum atomic E-state index is 12.7. The highest BCUT2D eigenvalue weighted by Crippen LogP contribution is 2.45. The lowest BCUT2D eigenvalue weighted by Crippen LogP contribution is -2.15. The SMILES string of the molecule is O=S(=O)(Oc1ccc(C2SCCS2)cc1)C1=Cc2ccc(OC(F)F)cc2CC1. The predicted octanol–water partition coefficient (Wildman–Crippen LogP) is 5.46. The molecule has 2 aromatic rings. The van der Waals surface area contributed by atoms with Crippen LogP contribution in [-0.2, 0) is 16.5 Å². The van der Waals surface area contributed by atoms with Gasteiger partial charge in [-0.05, 0) is 59.9 Å². The van der Waals surface area contributed by atoms with Crippen LogP contribution < -0.4 is 8.92 Å². The van der Waals surface area contributed by atoms with E-state index in [-0.39, 0.29) is 22.8 Å². The number of aryl methyl sites for hydroxylation is 1. The summed E-state index contributed by atoms with van der Waals surface area (Å²) < 4.78 is 60.2. The second kappa shape index (κ2) is 8.57. The number of rotatable bonds is 6. The average molecular weight is 457 g/mol. The molecule has 1 heterocycles. The van der Waals surface area contributed by atoms with E-state index >= 15 is 0 Å². The van der Waals surface area contributed by atoms with Crippen LogP contribution in [0.2, 0.25) is 0 Å².